The molecule has 0 aromatic heterocycles. The van der Waals surface area contributed by atoms with Crippen LogP contribution in [0.3, 0.4) is 0 Å². The van der Waals surface area contributed by atoms with Crippen LogP contribution in [0.4, 0.5) is 0 Å². The van der Waals surface area contributed by atoms with Crippen LogP contribution in [-0.4, -0.2) is 329 Å². The van der Waals surface area contributed by atoms with Crippen molar-refractivity contribution >= 4 is 0 Å². The third-order valence-corrected chi connectivity index (χ3v) is 13.3. The summed E-state index contributed by atoms with van der Waals surface area (Å²) < 4.78 is 74.9. The van der Waals surface area contributed by atoms with E-state index in [9.17, 15) is 91.9 Å². The number of hydrogen-bond acceptors (Lipinski definition) is 31. The fraction of sp³-hybridized carbons (Fsp3) is 1.00. The second-order valence-electron chi connectivity index (χ2n) is 17.8. The number of hydrogen-bond donors (Lipinski definition) is 18. The van der Waals surface area contributed by atoms with Crippen molar-refractivity contribution in [3.8, 4) is 0 Å². The van der Waals surface area contributed by atoms with Crippen LogP contribution >= 0.6 is 0 Å². The summed E-state index contributed by atoms with van der Waals surface area (Å²) in [5, 5.41) is 196. The van der Waals surface area contributed by atoms with E-state index < -0.39 is 230 Å². The maximum Gasteiger partial charge on any atom is 0.187 e. The molecular weight excluding hydrogens is 964 g/mol. The van der Waals surface area contributed by atoms with Crippen molar-refractivity contribution in [2.24, 2.45) is 0 Å². The molecule has 18 N–H and O–H groups in total. The molecule has 408 valence electrons. The average molecular weight is 1030 g/mol. The van der Waals surface area contributed by atoms with Gasteiger partial charge in [-0.1, -0.05) is 0 Å². The lowest BCUT2D eigenvalue weighted by atomic mass is 9.94. The smallest absolute Gasteiger partial charge is 0.187 e. The molecule has 0 saturated carbocycles. The largest absolute Gasteiger partial charge is 0.396 e. The molecule has 22 rings (SSSR count). The van der Waals surface area contributed by atoms with Gasteiger partial charge in [-0.05, 0) is 6.42 Å². The molecule has 0 spiro atoms. The van der Waals surface area contributed by atoms with Gasteiger partial charge in [0, 0.05) is 13.2 Å². The van der Waals surface area contributed by atoms with Crippen molar-refractivity contribution in [3.63, 3.8) is 0 Å². The average Bonchev–Trinajstić information content (AvgIpc) is 3.35. The summed E-state index contributed by atoms with van der Waals surface area (Å²) in [5.74, 6) is 0. The summed E-state index contributed by atoms with van der Waals surface area (Å²) in [6, 6.07) is 0. The Morgan fingerprint density at radius 3 is 0.700 bits per heavy atom. The van der Waals surface area contributed by atoms with Gasteiger partial charge in [-0.2, -0.15) is 0 Å². The van der Waals surface area contributed by atoms with Crippen molar-refractivity contribution in [1.29, 1.82) is 0 Å². The summed E-state index contributed by atoms with van der Waals surface area (Å²) in [5.41, 5.74) is 0. The first kappa shape index (κ1) is 56.5. The van der Waals surface area contributed by atoms with Gasteiger partial charge in [0.2, 0.25) is 0 Å². The number of ether oxygens (including phenoxy) is 13. The van der Waals surface area contributed by atoms with Crippen LogP contribution in [0.1, 0.15) is 6.42 Å². The molecule has 22 fully saturated rings. The molecule has 70 heavy (non-hydrogen) atoms. The van der Waals surface area contributed by atoms with Gasteiger partial charge >= 0.3 is 0 Å². The lowest BCUT2D eigenvalue weighted by Gasteiger charge is -2.51. The zero-order valence-electron chi connectivity index (χ0n) is 37.0. The Labute approximate surface area is 396 Å². The summed E-state index contributed by atoms with van der Waals surface area (Å²) in [6.45, 7) is -6.62. The van der Waals surface area contributed by atoms with Crippen LogP contribution in [0.15, 0.2) is 0 Å². The van der Waals surface area contributed by atoms with Gasteiger partial charge in [0.1, 0.15) is 146 Å². The molecule has 0 unspecified atom stereocenters. The first-order valence-electron chi connectivity index (χ1n) is 22.7. The highest BCUT2D eigenvalue weighted by Gasteiger charge is 2.59. The highest BCUT2D eigenvalue weighted by Crippen LogP contribution is 2.38. The maximum absolute atomic E-state index is 11.7. The van der Waals surface area contributed by atoms with Crippen LogP contribution in [0.2, 0.25) is 0 Å². The van der Waals surface area contributed by atoms with Gasteiger partial charge in [-0.25, -0.2) is 0 Å². The molecule has 0 aromatic carbocycles. The minimum atomic E-state index is -2.15. The van der Waals surface area contributed by atoms with E-state index in [0.717, 1.165) is 0 Å². The summed E-state index contributed by atoms with van der Waals surface area (Å²) in [7, 11) is 0. The Balaban J connectivity index is 1.21. The fourth-order valence-corrected chi connectivity index (χ4v) is 9.39. The molecule has 31 heteroatoms. The van der Waals surface area contributed by atoms with Crippen molar-refractivity contribution in [2.75, 3.05) is 52.9 Å². The molecule has 0 amide bonds. The lowest BCUT2D eigenvalue weighted by molar-refractivity contribution is -0.405. The van der Waals surface area contributed by atoms with Crippen LogP contribution < -0.4 is 0 Å². The van der Waals surface area contributed by atoms with Crippen LogP contribution in [0.5, 0.6) is 0 Å². The van der Waals surface area contributed by atoms with Gasteiger partial charge in [-0.3, -0.25) is 0 Å². The Morgan fingerprint density at radius 2 is 0.471 bits per heavy atom. The molecule has 0 aliphatic carbocycles. The summed E-state index contributed by atoms with van der Waals surface area (Å²) in [4.78, 5) is 0. The molecule has 12 bridgehead atoms. The molecule has 31 nitrogen and oxygen atoms in total. The van der Waals surface area contributed by atoms with Crippen molar-refractivity contribution in [3.05, 3.63) is 0 Å². The molecule has 0 aromatic rings. The molecule has 22 aliphatic rings. The molecule has 0 radical (unpaired) electrons. The van der Waals surface area contributed by atoms with E-state index in [2.05, 4.69) is 0 Å². The predicted octanol–water partition coefficient (Wildman–Crippen LogP) is -12.6. The zero-order valence-corrected chi connectivity index (χ0v) is 37.0. The second-order valence-corrected chi connectivity index (χ2v) is 17.8. The topological polar surface area (TPSA) is 484 Å². The van der Waals surface area contributed by atoms with E-state index >= 15 is 0 Å². The lowest BCUT2D eigenvalue weighted by Crippen LogP contribution is -2.69. The highest BCUT2D eigenvalue weighted by atomic mass is 16.8. The van der Waals surface area contributed by atoms with E-state index in [1.807, 2.05) is 0 Å². The van der Waals surface area contributed by atoms with Crippen molar-refractivity contribution < 1.29 is 153 Å². The SMILES string of the molecule is OCCCO[C@@H]1[C@@H](O)[C@H]2O[C@H]3[C@H](O)[C@@H](O)[C@@H](O[C@H]4[C@H](O)[C@@H](O)[C@@H](O[C@H]5[C@H](O)[C@@H](O)[C@@H](O[C@H]6[C@H](O)[C@@H](O)[C@@H](O[C@H]7[C@H](O)[C@@H](O)[C@@H](O[C@H]1[C@@H](CO)O2)O[C@@H]7CO)O[C@@H]6CO)O[C@@H]5CO)O[C@@H]4CO)O[C@@H]3CO. The number of rotatable bonds is 10. The van der Waals surface area contributed by atoms with E-state index in [1.54, 1.807) is 0 Å². The van der Waals surface area contributed by atoms with E-state index in [0.29, 0.717) is 0 Å². The van der Waals surface area contributed by atoms with Crippen LogP contribution in [-0.2, 0) is 61.6 Å². The number of aliphatic hydroxyl groups is 18. The maximum atomic E-state index is 11.7. The molecule has 22 saturated heterocycles. The zero-order chi connectivity index (χ0) is 50.9. The van der Waals surface area contributed by atoms with Gasteiger partial charge in [-0.15, -0.1) is 0 Å². The van der Waals surface area contributed by atoms with Gasteiger partial charge in [0.05, 0.1) is 39.6 Å². The standard InChI is InChI=1S/C39H66O31/c40-2-1-3-58-33-26(57)39-64-15(9-46)32(33)70-38-25(56)20(51)30(13(7-44)63-38)68-36-23(54)18(49)28(11(5-42)61-36)66-34-21(52)16(47)27(10(4-41)59-34)65-35-22(53)17(48)29(12(6-43)60-35)67-37-24(55)19(50)31(69-39)14(8-45)62-37/h10-57H,1-9H2/t10-,11-,12-,13-,14-,15-,16-,17-,18-,19-,20-,21-,22-,23-,24-,25-,26-,27-,28-,29-,30-,31-,32+,33-,34-,35-,36-,37-,38-,39-/m1/s1. The first-order valence-corrected chi connectivity index (χ1v) is 22.7. The van der Waals surface area contributed by atoms with Gasteiger partial charge < -0.3 is 153 Å². The van der Waals surface area contributed by atoms with E-state index in [4.69, 9.17) is 61.6 Å². The number of aliphatic hydroxyl groups excluding tert-OH is 18. The third kappa shape index (κ3) is 11.3. The van der Waals surface area contributed by atoms with Crippen molar-refractivity contribution in [2.45, 2.75) is 191 Å². The van der Waals surface area contributed by atoms with E-state index in [1.165, 1.54) is 0 Å². The predicted molar refractivity (Wildman–Crippen MR) is 211 cm³/mol. The van der Waals surface area contributed by atoms with Crippen molar-refractivity contribution in [1.82, 2.24) is 0 Å². The van der Waals surface area contributed by atoms with Gasteiger partial charge in [0.25, 0.3) is 0 Å². The minimum absolute atomic E-state index is 0.0190. The molecule has 22 heterocycles. The summed E-state index contributed by atoms with van der Waals surface area (Å²) >= 11 is 0. The highest BCUT2D eigenvalue weighted by molar-refractivity contribution is 5.01. The summed E-state index contributed by atoms with van der Waals surface area (Å²) in [6.07, 6.45) is -57.5. The molecular formula is C39H66O31. The second kappa shape index (κ2) is 24.6. The Hall–Kier alpha value is -1.24. The first-order chi connectivity index (χ1) is 33.5. The van der Waals surface area contributed by atoms with Crippen LogP contribution in [0, 0.1) is 0 Å². The Morgan fingerprint density at radius 1 is 0.257 bits per heavy atom. The Bertz CT molecular complexity index is 1580. The molecule has 22 aliphatic heterocycles. The Kier molecular flexibility index (Phi) is 19.9. The molecule has 30 atom stereocenters. The minimum Gasteiger partial charge on any atom is -0.396 e. The monoisotopic (exact) mass is 1030 g/mol. The quantitative estimate of drug-likeness (QED) is 0.0904. The van der Waals surface area contributed by atoms with Gasteiger partial charge in [0.15, 0.2) is 37.7 Å². The third-order valence-electron chi connectivity index (χ3n) is 13.3. The normalized spacial score (nSPS) is 52.9. The fourth-order valence-electron chi connectivity index (χ4n) is 9.39. The van der Waals surface area contributed by atoms with Crippen LogP contribution in [0.25, 0.3) is 0 Å². The van der Waals surface area contributed by atoms with E-state index in [-0.39, 0.29) is 13.0 Å².